The quantitative estimate of drug-likeness (QED) is 0.304. The van der Waals surface area contributed by atoms with Gasteiger partial charge in [0.1, 0.15) is 5.60 Å². The Morgan fingerprint density at radius 3 is 2.27 bits per heavy atom. The maximum atomic E-state index is 13.1. The Bertz CT molecular complexity index is 672. The van der Waals surface area contributed by atoms with Crippen LogP contribution in [0.25, 0.3) is 0 Å². The smallest absolute Gasteiger partial charge is 0.407 e. The number of unbranched alkanes of at least 4 members (excludes halogenated alkanes) is 1. The lowest BCUT2D eigenvalue weighted by atomic mass is 10.1. The number of alkyl carbamates (subject to hydrolysis) is 1. The standard InChI is InChI=1S/C25H43N3O5/c1-6-31-22(32-7-2)19-28(18-16-20-13-9-8-10-14-20)23(29)21(26)15-11-12-17-27-24(30)33-25(3,4)5/h8-10,13-14,21-22H,6-7,11-12,15-19,26H2,1-5H3,(H,27,30). The zero-order valence-electron chi connectivity index (χ0n) is 21.0. The molecule has 0 fully saturated rings. The summed E-state index contributed by atoms with van der Waals surface area (Å²) < 4.78 is 16.5. The van der Waals surface area contributed by atoms with Gasteiger partial charge in [-0.05, 0) is 65.9 Å². The molecule has 0 radical (unpaired) electrons. The van der Waals surface area contributed by atoms with Crippen molar-refractivity contribution in [3.63, 3.8) is 0 Å². The highest BCUT2D eigenvalue weighted by atomic mass is 16.7. The third-order valence-electron chi connectivity index (χ3n) is 4.83. The average molecular weight is 466 g/mol. The molecule has 1 aromatic rings. The number of carbonyl (C=O) groups is 2. The number of rotatable bonds is 15. The molecule has 0 aliphatic rings. The molecule has 0 saturated heterocycles. The highest BCUT2D eigenvalue weighted by Gasteiger charge is 2.24. The van der Waals surface area contributed by atoms with Gasteiger partial charge in [-0.3, -0.25) is 4.79 Å². The molecule has 0 saturated carbocycles. The van der Waals surface area contributed by atoms with E-state index in [9.17, 15) is 9.59 Å². The Hall–Kier alpha value is -2.16. The van der Waals surface area contributed by atoms with Crippen molar-refractivity contribution < 1.29 is 23.8 Å². The minimum atomic E-state index is -0.619. The first kappa shape index (κ1) is 28.9. The third kappa shape index (κ3) is 13.2. The molecule has 1 unspecified atom stereocenters. The van der Waals surface area contributed by atoms with Crippen LogP contribution in [-0.4, -0.2) is 67.7 Å². The van der Waals surface area contributed by atoms with E-state index in [2.05, 4.69) is 5.32 Å². The van der Waals surface area contributed by atoms with Crippen LogP contribution in [0.15, 0.2) is 30.3 Å². The summed E-state index contributed by atoms with van der Waals surface area (Å²) in [4.78, 5) is 26.6. The van der Waals surface area contributed by atoms with Crippen LogP contribution < -0.4 is 11.1 Å². The maximum absolute atomic E-state index is 13.1. The molecule has 1 aromatic carbocycles. The lowest BCUT2D eigenvalue weighted by molar-refractivity contribution is -0.159. The summed E-state index contributed by atoms with van der Waals surface area (Å²) in [7, 11) is 0. The Morgan fingerprint density at radius 1 is 1.06 bits per heavy atom. The Morgan fingerprint density at radius 2 is 1.70 bits per heavy atom. The number of nitrogens with two attached hydrogens (primary N) is 1. The summed E-state index contributed by atoms with van der Waals surface area (Å²) in [5, 5.41) is 2.73. The predicted octanol–water partition coefficient (Wildman–Crippen LogP) is 3.48. The number of carbonyl (C=O) groups excluding carboxylic acids is 2. The summed E-state index contributed by atoms with van der Waals surface area (Å²) in [5.41, 5.74) is 6.88. The summed E-state index contributed by atoms with van der Waals surface area (Å²) in [6.07, 6.45) is 1.77. The molecule has 0 aliphatic heterocycles. The van der Waals surface area contributed by atoms with Gasteiger partial charge in [0.15, 0.2) is 6.29 Å². The summed E-state index contributed by atoms with van der Waals surface area (Å²) in [6.45, 7) is 11.6. The van der Waals surface area contributed by atoms with Crippen molar-refractivity contribution in [2.24, 2.45) is 5.73 Å². The highest BCUT2D eigenvalue weighted by Crippen LogP contribution is 2.10. The second-order valence-electron chi connectivity index (χ2n) is 8.89. The lowest BCUT2D eigenvalue weighted by Gasteiger charge is -2.29. The Labute approximate surface area is 199 Å². The number of benzene rings is 1. The van der Waals surface area contributed by atoms with Gasteiger partial charge in [-0.15, -0.1) is 0 Å². The first-order valence-corrected chi connectivity index (χ1v) is 11.9. The van der Waals surface area contributed by atoms with E-state index in [0.717, 1.165) is 18.4 Å². The molecular weight excluding hydrogens is 422 g/mol. The number of hydrogen-bond acceptors (Lipinski definition) is 6. The number of hydrogen-bond donors (Lipinski definition) is 2. The topological polar surface area (TPSA) is 103 Å². The molecule has 0 spiro atoms. The first-order valence-electron chi connectivity index (χ1n) is 11.9. The Kier molecular flexibility index (Phi) is 13.7. The Balaban J connectivity index is 2.58. The van der Waals surface area contributed by atoms with Gasteiger partial charge in [0.2, 0.25) is 5.91 Å². The predicted molar refractivity (Wildman–Crippen MR) is 130 cm³/mol. The normalized spacial score (nSPS) is 12.5. The van der Waals surface area contributed by atoms with Crippen molar-refractivity contribution in [1.82, 2.24) is 10.2 Å². The minimum absolute atomic E-state index is 0.115. The van der Waals surface area contributed by atoms with Gasteiger partial charge in [0.05, 0.1) is 12.6 Å². The van der Waals surface area contributed by atoms with Crippen LogP contribution in [-0.2, 0) is 25.4 Å². The van der Waals surface area contributed by atoms with Crippen molar-refractivity contribution in [2.75, 3.05) is 32.8 Å². The fourth-order valence-corrected chi connectivity index (χ4v) is 3.26. The number of nitrogens with one attached hydrogen (secondary N) is 1. The largest absolute Gasteiger partial charge is 0.444 e. The molecule has 1 atom stereocenters. The number of ether oxygens (including phenoxy) is 3. The fourth-order valence-electron chi connectivity index (χ4n) is 3.26. The first-order chi connectivity index (χ1) is 15.7. The number of nitrogens with zero attached hydrogens (tertiary/aromatic N) is 1. The molecule has 3 N–H and O–H groups in total. The second-order valence-corrected chi connectivity index (χ2v) is 8.89. The van der Waals surface area contributed by atoms with Crippen molar-refractivity contribution in [3.05, 3.63) is 35.9 Å². The summed E-state index contributed by atoms with van der Waals surface area (Å²) >= 11 is 0. The van der Waals surface area contributed by atoms with Crippen LogP contribution in [0.3, 0.4) is 0 Å². The van der Waals surface area contributed by atoms with Crippen molar-refractivity contribution in [3.8, 4) is 0 Å². The van der Waals surface area contributed by atoms with Gasteiger partial charge in [0.25, 0.3) is 0 Å². The molecular formula is C25H43N3O5. The van der Waals surface area contributed by atoms with E-state index in [-0.39, 0.29) is 5.91 Å². The summed E-state index contributed by atoms with van der Waals surface area (Å²) in [6, 6.07) is 9.42. The zero-order chi connectivity index (χ0) is 24.7. The van der Waals surface area contributed by atoms with E-state index >= 15 is 0 Å². The van der Waals surface area contributed by atoms with Crippen LogP contribution in [0.4, 0.5) is 4.79 Å². The van der Waals surface area contributed by atoms with E-state index in [0.29, 0.717) is 45.7 Å². The van der Waals surface area contributed by atoms with Gasteiger partial charge in [-0.2, -0.15) is 0 Å². The van der Waals surface area contributed by atoms with Crippen LogP contribution in [0, 0.1) is 0 Å². The number of amides is 2. The van der Waals surface area contributed by atoms with Crippen LogP contribution in [0.1, 0.15) is 59.4 Å². The van der Waals surface area contributed by atoms with Gasteiger partial charge in [-0.25, -0.2) is 4.79 Å². The SMILES string of the molecule is CCOC(CN(CCc1ccccc1)C(=O)C(N)CCCCNC(=O)OC(C)(C)C)OCC. The zero-order valence-corrected chi connectivity index (χ0v) is 21.0. The highest BCUT2D eigenvalue weighted by molar-refractivity contribution is 5.81. The molecule has 0 aliphatic carbocycles. The third-order valence-corrected chi connectivity index (χ3v) is 4.83. The molecule has 0 aromatic heterocycles. The molecule has 0 bridgehead atoms. The maximum Gasteiger partial charge on any atom is 0.407 e. The van der Waals surface area contributed by atoms with E-state index < -0.39 is 24.0 Å². The molecule has 8 heteroatoms. The monoisotopic (exact) mass is 465 g/mol. The fraction of sp³-hybridized carbons (Fsp3) is 0.680. The molecule has 1 rings (SSSR count). The van der Waals surface area contributed by atoms with E-state index in [1.165, 1.54) is 0 Å². The average Bonchev–Trinajstić information content (AvgIpc) is 2.75. The van der Waals surface area contributed by atoms with Crippen molar-refractivity contribution in [1.29, 1.82) is 0 Å². The van der Waals surface area contributed by atoms with Crippen LogP contribution >= 0.6 is 0 Å². The van der Waals surface area contributed by atoms with Crippen molar-refractivity contribution in [2.45, 2.75) is 78.2 Å². The van der Waals surface area contributed by atoms with Crippen LogP contribution in [0.2, 0.25) is 0 Å². The van der Waals surface area contributed by atoms with Crippen molar-refractivity contribution >= 4 is 12.0 Å². The molecule has 8 nitrogen and oxygen atoms in total. The van der Waals surface area contributed by atoms with Gasteiger partial charge >= 0.3 is 6.09 Å². The van der Waals surface area contributed by atoms with Gasteiger partial charge < -0.3 is 30.2 Å². The van der Waals surface area contributed by atoms with E-state index in [1.54, 1.807) is 4.90 Å². The minimum Gasteiger partial charge on any atom is -0.444 e. The second kappa shape index (κ2) is 15.6. The molecule has 0 heterocycles. The molecule has 188 valence electrons. The van der Waals surface area contributed by atoms with Gasteiger partial charge in [0, 0.05) is 26.3 Å². The van der Waals surface area contributed by atoms with E-state index in [4.69, 9.17) is 19.9 Å². The van der Waals surface area contributed by atoms with E-state index in [1.807, 2.05) is 65.0 Å². The molecule has 33 heavy (non-hydrogen) atoms. The summed E-state index contributed by atoms with van der Waals surface area (Å²) in [5.74, 6) is -0.115. The molecule has 2 amide bonds. The van der Waals surface area contributed by atoms with Gasteiger partial charge in [-0.1, -0.05) is 30.3 Å². The van der Waals surface area contributed by atoms with Crippen LogP contribution in [0.5, 0.6) is 0 Å². The lowest BCUT2D eigenvalue weighted by Crippen LogP contribution is -2.48.